The maximum atomic E-state index is 13.0. The van der Waals surface area contributed by atoms with Crippen LogP contribution in [-0.4, -0.2) is 71.6 Å². The van der Waals surface area contributed by atoms with Crippen LogP contribution in [-0.2, 0) is 11.2 Å². The van der Waals surface area contributed by atoms with E-state index in [1.165, 1.54) is 23.2 Å². The van der Waals surface area contributed by atoms with Crippen molar-refractivity contribution >= 4 is 17.5 Å². The molecule has 1 N–H and O–H groups in total. The number of fused-ring (bicyclic) bond motifs is 1. The SMILES string of the molecule is CC1CCc2cc(-c3ccc(C(=O)N4CCN(C(=O)C5(O)CC5)CC4)cc3)ccc2N1C. The second-order valence-corrected chi connectivity index (χ2v) is 9.54. The van der Waals surface area contributed by atoms with E-state index in [0.717, 1.165) is 12.0 Å². The Bertz CT molecular complexity index is 1040. The second-order valence-electron chi connectivity index (χ2n) is 9.54. The molecular weight excluding hydrogens is 402 g/mol. The van der Waals surface area contributed by atoms with Gasteiger partial charge in [0, 0.05) is 50.5 Å². The summed E-state index contributed by atoms with van der Waals surface area (Å²) in [5.74, 6) is -0.186. The molecule has 6 nitrogen and oxygen atoms in total. The van der Waals surface area contributed by atoms with Gasteiger partial charge in [-0.3, -0.25) is 9.59 Å². The van der Waals surface area contributed by atoms with Crippen LogP contribution < -0.4 is 4.90 Å². The molecule has 0 radical (unpaired) electrons. The van der Waals surface area contributed by atoms with E-state index >= 15 is 0 Å². The third-order valence-corrected chi connectivity index (χ3v) is 7.39. The van der Waals surface area contributed by atoms with Crippen molar-refractivity contribution in [2.75, 3.05) is 38.1 Å². The highest BCUT2D eigenvalue weighted by atomic mass is 16.3. The van der Waals surface area contributed by atoms with Gasteiger partial charge in [0.05, 0.1) is 0 Å². The van der Waals surface area contributed by atoms with Gasteiger partial charge in [-0.1, -0.05) is 18.2 Å². The Morgan fingerprint density at radius 1 is 0.938 bits per heavy atom. The van der Waals surface area contributed by atoms with Crippen molar-refractivity contribution in [3.8, 4) is 11.1 Å². The van der Waals surface area contributed by atoms with Crippen LogP contribution in [0.4, 0.5) is 5.69 Å². The second kappa shape index (κ2) is 7.93. The maximum absolute atomic E-state index is 13.0. The van der Waals surface area contributed by atoms with E-state index in [2.05, 4.69) is 37.1 Å². The average molecular weight is 434 g/mol. The number of piperazine rings is 1. The topological polar surface area (TPSA) is 64.1 Å². The molecule has 1 saturated heterocycles. The van der Waals surface area contributed by atoms with E-state index < -0.39 is 5.60 Å². The molecule has 1 aliphatic carbocycles. The number of nitrogens with zero attached hydrogens (tertiary/aromatic N) is 3. The summed E-state index contributed by atoms with van der Waals surface area (Å²) >= 11 is 0. The third kappa shape index (κ3) is 3.77. The minimum absolute atomic E-state index is 0.00478. The standard InChI is InChI=1S/C26H31N3O3/c1-18-3-4-22-17-21(9-10-23(22)27(18)2)19-5-7-20(8-6-19)24(30)28-13-15-29(16-14-28)25(31)26(32)11-12-26/h5-10,17-18,32H,3-4,11-16H2,1-2H3. The molecule has 32 heavy (non-hydrogen) atoms. The molecule has 168 valence electrons. The molecule has 2 aromatic rings. The molecule has 2 fully saturated rings. The summed E-state index contributed by atoms with van der Waals surface area (Å²) < 4.78 is 0. The largest absolute Gasteiger partial charge is 0.380 e. The van der Waals surface area contributed by atoms with Crippen molar-refractivity contribution in [1.29, 1.82) is 0 Å². The van der Waals surface area contributed by atoms with Gasteiger partial charge >= 0.3 is 0 Å². The third-order valence-electron chi connectivity index (χ3n) is 7.39. The van der Waals surface area contributed by atoms with Gasteiger partial charge in [-0.2, -0.15) is 0 Å². The Labute approximate surface area is 189 Å². The number of carbonyl (C=O) groups is 2. The van der Waals surface area contributed by atoms with E-state index in [1.807, 2.05) is 24.3 Å². The lowest BCUT2D eigenvalue weighted by molar-refractivity contribution is -0.143. The fourth-order valence-electron chi connectivity index (χ4n) is 4.83. The van der Waals surface area contributed by atoms with E-state index in [-0.39, 0.29) is 11.8 Å². The maximum Gasteiger partial charge on any atom is 0.254 e. The molecule has 0 bridgehead atoms. The summed E-state index contributed by atoms with van der Waals surface area (Å²) in [5.41, 5.74) is 4.51. The number of aliphatic hydroxyl groups is 1. The number of hydrogen-bond donors (Lipinski definition) is 1. The first kappa shape index (κ1) is 21.0. The Morgan fingerprint density at radius 2 is 1.56 bits per heavy atom. The van der Waals surface area contributed by atoms with Gasteiger partial charge in [0.15, 0.2) is 0 Å². The minimum atomic E-state index is -1.13. The molecule has 1 saturated carbocycles. The number of carbonyl (C=O) groups excluding carboxylic acids is 2. The molecule has 0 spiro atoms. The zero-order chi connectivity index (χ0) is 22.5. The summed E-state index contributed by atoms with van der Waals surface area (Å²) in [4.78, 5) is 31.1. The number of anilines is 1. The van der Waals surface area contributed by atoms with Crippen molar-refractivity contribution in [3.05, 3.63) is 53.6 Å². The van der Waals surface area contributed by atoms with Crippen molar-refractivity contribution in [2.24, 2.45) is 0 Å². The van der Waals surface area contributed by atoms with Crippen LogP contribution in [0.1, 0.15) is 42.1 Å². The summed E-state index contributed by atoms with van der Waals surface area (Å²) in [5, 5.41) is 10.0. The summed E-state index contributed by atoms with van der Waals surface area (Å²) in [6, 6.07) is 15.0. The molecule has 5 rings (SSSR count). The lowest BCUT2D eigenvalue weighted by Gasteiger charge is -2.35. The summed E-state index contributed by atoms with van der Waals surface area (Å²) in [6.45, 7) is 4.22. The number of rotatable bonds is 3. The van der Waals surface area contributed by atoms with Crippen molar-refractivity contribution in [3.63, 3.8) is 0 Å². The number of amides is 2. The zero-order valence-corrected chi connectivity index (χ0v) is 18.9. The predicted molar refractivity (Wildman–Crippen MR) is 125 cm³/mol. The number of hydrogen-bond acceptors (Lipinski definition) is 4. The van der Waals surface area contributed by atoms with Crippen LogP contribution in [0.25, 0.3) is 11.1 Å². The van der Waals surface area contributed by atoms with Gasteiger partial charge in [-0.25, -0.2) is 0 Å². The molecule has 0 aromatic heterocycles. The molecule has 6 heteroatoms. The van der Waals surface area contributed by atoms with Gasteiger partial charge in [0.2, 0.25) is 0 Å². The number of benzene rings is 2. The highest BCUT2D eigenvalue weighted by Gasteiger charge is 2.50. The molecule has 2 heterocycles. The smallest absolute Gasteiger partial charge is 0.254 e. The van der Waals surface area contributed by atoms with E-state index in [9.17, 15) is 14.7 Å². The highest BCUT2D eigenvalue weighted by Crippen LogP contribution is 2.37. The average Bonchev–Trinajstić information content (AvgIpc) is 3.59. The Kier molecular flexibility index (Phi) is 5.20. The summed E-state index contributed by atoms with van der Waals surface area (Å²) in [7, 11) is 2.16. The van der Waals surface area contributed by atoms with Gasteiger partial charge in [-0.15, -0.1) is 0 Å². The summed E-state index contributed by atoms with van der Waals surface area (Å²) in [6.07, 6.45) is 3.37. The predicted octanol–water partition coefficient (Wildman–Crippen LogP) is 2.93. The van der Waals surface area contributed by atoms with Gasteiger partial charge in [0.1, 0.15) is 5.60 Å². The van der Waals surface area contributed by atoms with Crippen LogP contribution >= 0.6 is 0 Å². The Hall–Kier alpha value is -2.86. The molecule has 2 amide bonds. The quantitative estimate of drug-likeness (QED) is 0.809. The van der Waals surface area contributed by atoms with Crippen LogP contribution in [0.3, 0.4) is 0 Å². The lowest BCUT2D eigenvalue weighted by atomic mass is 9.93. The monoisotopic (exact) mass is 433 g/mol. The van der Waals surface area contributed by atoms with Crippen LogP contribution in [0.2, 0.25) is 0 Å². The number of aryl methyl sites for hydroxylation is 1. The minimum Gasteiger partial charge on any atom is -0.380 e. The van der Waals surface area contributed by atoms with E-state index in [0.29, 0.717) is 50.6 Å². The van der Waals surface area contributed by atoms with Gasteiger partial charge in [0.25, 0.3) is 11.8 Å². The first-order valence-corrected chi connectivity index (χ1v) is 11.6. The molecule has 2 aliphatic heterocycles. The molecule has 1 atom stereocenters. The highest BCUT2D eigenvalue weighted by molar-refractivity contribution is 5.95. The van der Waals surface area contributed by atoms with Crippen molar-refractivity contribution in [1.82, 2.24) is 9.80 Å². The molecule has 1 unspecified atom stereocenters. The fraction of sp³-hybridized carbons (Fsp3) is 0.462. The zero-order valence-electron chi connectivity index (χ0n) is 18.9. The van der Waals surface area contributed by atoms with Gasteiger partial charge in [-0.05, 0) is 73.6 Å². The van der Waals surface area contributed by atoms with Crippen molar-refractivity contribution in [2.45, 2.75) is 44.2 Å². The first-order chi connectivity index (χ1) is 15.4. The Morgan fingerprint density at radius 3 is 2.22 bits per heavy atom. The molecule has 3 aliphatic rings. The Balaban J connectivity index is 1.24. The van der Waals surface area contributed by atoms with E-state index in [1.54, 1.807) is 9.80 Å². The van der Waals surface area contributed by atoms with Crippen LogP contribution in [0.15, 0.2) is 42.5 Å². The normalized spacial score (nSPS) is 21.8. The lowest BCUT2D eigenvalue weighted by Crippen LogP contribution is -2.53. The van der Waals surface area contributed by atoms with E-state index in [4.69, 9.17) is 0 Å². The van der Waals surface area contributed by atoms with Crippen LogP contribution in [0.5, 0.6) is 0 Å². The first-order valence-electron chi connectivity index (χ1n) is 11.6. The van der Waals surface area contributed by atoms with Crippen LogP contribution in [0, 0.1) is 0 Å². The van der Waals surface area contributed by atoms with Crippen molar-refractivity contribution < 1.29 is 14.7 Å². The molecular formula is C26H31N3O3. The van der Waals surface area contributed by atoms with Gasteiger partial charge < -0.3 is 19.8 Å². The fourth-order valence-corrected chi connectivity index (χ4v) is 4.83. The molecule has 2 aromatic carbocycles.